The molecule has 1 amide bonds. The van der Waals surface area contributed by atoms with Gasteiger partial charge in [0.25, 0.3) is 0 Å². The van der Waals surface area contributed by atoms with Gasteiger partial charge < -0.3 is 10.6 Å². The van der Waals surface area contributed by atoms with Crippen LogP contribution in [0.2, 0.25) is 0 Å². The van der Waals surface area contributed by atoms with Crippen molar-refractivity contribution in [3.05, 3.63) is 10.4 Å². The number of azide groups is 1. The molecule has 15 heavy (non-hydrogen) atoms. The fourth-order valence-corrected chi connectivity index (χ4v) is 1.79. The zero-order valence-corrected chi connectivity index (χ0v) is 8.80. The van der Waals surface area contributed by atoms with E-state index in [1.54, 1.807) is 0 Å². The summed E-state index contributed by atoms with van der Waals surface area (Å²) in [6, 6.07) is 0. The van der Waals surface area contributed by atoms with Gasteiger partial charge in [0, 0.05) is 31.0 Å². The lowest BCUT2D eigenvalue weighted by molar-refractivity contribution is -0.127. The average molecular weight is 211 g/mol. The maximum Gasteiger partial charge on any atom is 0.222 e. The summed E-state index contributed by atoms with van der Waals surface area (Å²) in [4.78, 5) is 16.0. The molecule has 0 aromatic rings. The third kappa shape index (κ3) is 3.77. The second-order valence-electron chi connectivity index (χ2n) is 3.82. The molecular formula is C9H17N5O. The number of unbranched alkanes of at least 4 members (excludes halogenated alkanes) is 1. The lowest BCUT2D eigenvalue weighted by atomic mass is 10.1. The van der Waals surface area contributed by atoms with Gasteiger partial charge in [0.2, 0.25) is 5.91 Å². The molecule has 1 aliphatic heterocycles. The van der Waals surface area contributed by atoms with E-state index in [0.717, 1.165) is 25.9 Å². The summed E-state index contributed by atoms with van der Waals surface area (Å²) in [5.41, 5.74) is 13.6. The van der Waals surface area contributed by atoms with Crippen LogP contribution in [0.5, 0.6) is 0 Å². The van der Waals surface area contributed by atoms with Crippen LogP contribution in [0, 0.1) is 5.92 Å². The maximum atomic E-state index is 11.5. The van der Waals surface area contributed by atoms with Gasteiger partial charge in [0.05, 0.1) is 0 Å². The minimum Gasteiger partial charge on any atom is -0.342 e. The van der Waals surface area contributed by atoms with Gasteiger partial charge in [-0.1, -0.05) is 5.11 Å². The van der Waals surface area contributed by atoms with Crippen molar-refractivity contribution in [2.45, 2.75) is 19.3 Å². The van der Waals surface area contributed by atoms with E-state index in [0.29, 0.717) is 19.5 Å². The van der Waals surface area contributed by atoms with E-state index < -0.39 is 0 Å². The van der Waals surface area contributed by atoms with Gasteiger partial charge in [-0.25, -0.2) is 0 Å². The number of carbonyl (C=O) groups excluding carboxylic acids is 1. The van der Waals surface area contributed by atoms with Crippen LogP contribution in [0.4, 0.5) is 0 Å². The second-order valence-corrected chi connectivity index (χ2v) is 3.82. The minimum atomic E-state index is 0.171. The topological polar surface area (TPSA) is 95.1 Å². The average Bonchev–Trinajstić information content (AvgIpc) is 2.57. The van der Waals surface area contributed by atoms with Crippen LogP contribution in [-0.2, 0) is 4.79 Å². The number of likely N-dealkylation sites (tertiary alicyclic amines) is 1. The molecule has 1 atom stereocenters. The molecule has 1 saturated heterocycles. The number of carbonyl (C=O) groups is 1. The predicted molar refractivity (Wildman–Crippen MR) is 57.0 cm³/mol. The van der Waals surface area contributed by atoms with Crippen molar-refractivity contribution >= 4 is 5.91 Å². The van der Waals surface area contributed by atoms with E-state index in [2.05, 4.69) is 10.0 Å². The Kier molecular flexibility index (Phi) is 4.93. The molecule has 1 rings (SSSR count). The SMILES string of the molecule is [N-]=[N+]=NCC1CC(=O)N(CCCCN)C1. The Bertz CT molecular complexity index is 261. The van der Waals surface area contributed by atoms with Crippen LogP contribution < -0.4 is 5.73 Å². The third-order valence-electron chi connectivity index (χ3n) is 2.58. The Morgan fingerprint density at radius 1 is 1.60 bits per heavy atom. The van der Waals surface area contributed by atoms with E-state index in [9.17, 15) is 4.79 Å². The summed E-state index contributed by atoms with van der Waals surface area (Å²) < 4.78 is 0. The molecule has 2 N–H and O–H groups in total. The first kappa shape index (κ1) is 11.8. The van der Waals surface area contributed by atoms with Gasteiger partial charge >= 0.3 is 0 Å². The van der Waals surface area contributed by atoms with Crippen LogP contribution in [0.15, 0.2) is 5.11 Å². The summed E-state index contributed by atoms with van der Waals surface area (Å²) in [7, 11) is 0. The number of hydrogen-bond acceptors (Lipinski definition) is 3. The van der Waals surface area contributed by atoms with E-state index >= 15 is 0 Å². The molecule has 0 radical (unpaired) electrons. The molecule has 0 aliphatic carbocycles. The van der Waals surface area contributed by atoms with E-state index in [1.807, 2.05) is 4.90 Å². The Hall–Kier alpha value is -1.26. The molecule has 1 heterocycles. The maximum absolute atomic E-state index is 11.5. The molecule has 6 heteroatoms. The molecular weight excluding hydrogens is 194 g/mol. The highest BCUT2D eigenvalue weighted by atomic mass is 16.2. The van der Waals surface area contributed by atoms with Crippen molar-refractivity contribution in [3.8, 4) is 0 Å². The zero-order valence-electron chi connectivity index (χ0n) is 8.80. The smallest absolute Gasteiger partial charge is 0.222 e. The van der Waals surface area contributed by atoms with Crippen molar-refractivity contribution in [1.29, 1.82) is 0 Å². The summed E-state index contributed by atoms with van der Waals surface area (Å²) in [6.45, 7) is 2.60. The lowest BCUT2D eigenvalue weighted by Crippen LogP contribution is -2.26. The first-order valence-corrected chi connectivity index (χ1v) is 5.26. The minimum absolute atomic E-state index is 0.171. The normalized spacial score (nSPS) is 20.5. The quantitative estimate of drug-likeness (QED) is 0.305. The molecule has 1 unspecified atom stereocenters. The van der Waals surface area contributed by atoms with Crippen molar-refractivity contribution in [2.75, 3.05) is 26.2 Å². The monoisotopic (exact) mass is 211 g/mol. The molecule has 0 aromatic carbocycles. The highest BCUT2D eigenvalue weighted by Crippen LogP contribution is 2.18. The summed E-state index contributed by atoms with van der Waals surface area (Å²) in [5, 5.41) is 3.50. The van der Waals surface area contributed by atoms with Crippen molar-refractivity contribution < 1.29 is 4.79 Å². The highest BCUT2D eigenvalue weighted by Gasteiger charge is 2.28. The van der Waals surface area contributed by atoms with Gasteiger partial charge in [-0.3, -0.25) is 4.79 Å². The number of nitrogens with two attached hydrogens (primary N) is 1. The van der Waals surface area contributed by atoms with Crippen LogP contribution in [-0.4, -0.2) is 37.0 Å². The second kappa shape index (κ2) is 6.27. The summed E-state index contributed by atoms with van der Waals surface area (Å²) >= 11 is 0. The van der Waals surface area contributed by atoms with Gasteiger partial charge in [0.1, 0.15) is 0 Å². The summed E-state index contributed by atoms with van der Waals surface area (Å²) in [5.74, 6) is 0.372. The predicted octanol–water partition coefficient (Wildman–Crippen LogP) is 0.884. The highest BCUT2D eigenvalue weighted by molar-refractivity contribution is 5.78. The van der Waals surface area contributed by atoms with Crippen molar-refractivity contribution in [2.24, 2.45) is 16.8 Å². The molecule has 0 aromatic heterocycles. The first-order chi connectivity index (χ1) is 7.27. The largest absolute Gasteiger partial charge is 0.342 e. The molecule has 1 aliphatic rings. The number of amides is 1. The van der Waals surface area contributed by atoms with Crippen LogP contribution >= 0.6 is 0 Å². The molecule has 0 spiro atoms. The van der Waals surface area contributed by atoms with Crippen molar-refractivity contribution in [3.63, 3.8) is 0 Å². The van der Waals surface area contributed by atoms with Crippen LogP contribution in [0.3, 0.4) is 0 Å². The Balaban J connectivity index is 2.29. The number of hydrogen-bond donors (Lipinski definition) is 1. The Labute approximate surface area is 89.0 Å². The van der Waals surface area contributed by atoms with Crippen LogP contribution in [0.1, 0.15) is 19.3 Å². The van der Waals surface area contributed by atoms with Gasteiger partial charge in [0.15, 0.2) is 0 Å². The molecule has 1 fully saturated rings. The molecule has 6 nitrogen and oxygen atoms in total. The van der Waals surface area contributed by atoms with Gasteiger partial charge in [-0.15, -0.1) is 0 Å². The van der Waals surface area contributed by atoms with E-state index in [4.69, 9.17) is 11.3 Å². The van der Waals surface area contributed by atoms with E-state index in [1.165, 1.54) is 0 Å². The molecule has 0 bridgehead atoms. The molecule has 84 valence electrons. The standard InChI is InChI=1S/C9H17N5O/c10-3-1-2-4-14-7-8(5-9(14)15)6-12-13-11/h8H,1-7,10H2. The number of rotatable bonds is 6. The Morgan fingerprint density at radius 3 is 3.07 bits per heavy atom. The van der Waals surface area contributed by atoms with Crippen molar-refractivity contribution in [1.82, 2.24) is 4.90 Å². The lowest BCUT2D eigenvalue weighted by Gasteiger charge is -2.15. The molecule has 0 saturated carbocycles. The fraction of sp³-hybridized carbons (Fsp3) is 0.889. The van der Waals surface area contributed by atoms with Crippen LogP contribution in [0.25, 0.3) is 10.4 Å². The fourth-order valence-electron chi connectivity index (χ4n) is 1.79. The summed E-state index contributed by atoms with van der Waals surface area (Å²) in [6.07, 6.45) is 2.42. The van der Waals surface area contributed by atoms with E-state index in [-0.39, 0.29) is 11.8 Å². The van der Waals surface area contributed by atoms with Gasteiger partial charge in [-0.2, -0.15) is 0 Å². The Morgan fingerprint density at radius 2 is 2.40 bits per heavy atom. The first-order valence-electron chi connectivity index (χ1n) is 5.26. The zero-order chi connectivity index (χ0) is 11.1. The third-order valence-corrected chi connectivity index (χ3v) is 2.58. The number of nitrogens with zero attached hydrogens (tertiary/aromatic N) is 4. The van der Waals surface area contributed by atoms with Gasteiger partial charge in [-0.05, 0) is 30.8 Å².